The maximum absolute atomic E-state index is 9.63. The molecule has 11 nitrogen and oxygen atoms in total. The average Bonchev–Trinajstić information content (AvgIpc) is 1.42. The van der Waals surface area contributed by atoms with Gasteiger partial charge in [-0.1, -0.05) is 0 Å². The summed E-state index contributed by atoms with van der Waals surface area (Å²) in [6, 6.07) is 0. The van der Waals surface area contributed by atoms with Crippen LogP contribution in [-0.2, 0) is 18.0 Å². The summed E-state index contributed by atoms with van der Waals surface area (Å²) in [5.74, 6) is 0. The molecule has 16 heteroatoms. The Morgan fingerprint density at radius 1 is 0.750 bits per heavy atom. The summed E-state index contributed by atoms with van der Waals surface area (Å²) in [6.07, 6.45) is 0. The van der Waals surface area contributed by atoms with Crippen molar-refractivity contribution in [3.05, 3.63) is 0 Å². The molecule has 98 valence electrons. The summed E-state index contributed by atoms with van der Waals surface area (Å²) in [5.41, 5.74) is 0. The van der Waals surface area contributed by atoms with Gasteiger partial charge in [0.25, 0.3) is 0 Å². The van der Waals surface area contributed by atoms with E-state index in [9.17, 15) is 9.13 Å². The zero-order valence-electron chi connectivity index (χ0n) is 9.52. The van der Waals surface area contributed by atoms with Crippen molar-refractivity contribution in [1.29, 1.82) is 0 Å². The van der Waals surface area contributed by atoms with Crippen LogP contribution in [0.15, 0.2) is 0 Å². The van der Waals surface area contributed by atoms with Crippen LogP contribution in [0.25, 0.3) is 0 Å². The van der Waals surface area contributed by atoms with E-state index in [1.54, 1.807) is 0 Å². The van der Waals surface area contributed by atoms with E-state index in [1.165, 1.54) is 0 Å². The number of rotatable bonds is 2. The van der Waals surface area contributed by atoms with E-state index >= 15 is 0 Å². The topological polar surface area (TPSA) is 202 Å². The van der Waals surface area contributed by atoms with E-state index in [0.717, 1.165) is 0 Å². The molecule has 0 rings (SSSR count). The first kappa shape index (κ1) is 26.6. The molecule has 2 radical (unpaired) electrons. The van der Waals surface area contributed by atoms with Gasteiger partial charge >= 0.3 is 73.8 Å². The third-order valence-electron chi connectivity index (χ3n) is 0.213. The van der Waals surface area contributed by atoms with Crippen LogP contribution in [0.5, 0.6) is 0 Å². The molecule has 0 unspecified atom stereocenters. The Morgan fingerprint density at radius 2 is 0.875 bits per heavy atom. The number of hydrogen-bond donors (Lipinski definition) is 7. The summed E-state index contributed by atoms with van der Waals surface area (Å²) in [5, 5.41) is 0. The Hall–Kier alpha value is 2.06. The summed E-state index contributed by atoms with van der Waals surface area (Å²) < 4.78 is 31.1. The molecule has 0 aliphatic carbocycles. The van der Waals surface area contributed by atoms with Crippen molar-refractivity contribution >= 4 is 73.8 Å². The maximum atomic E-state index is 9.63. The predicted octanol–water partition coefficient (Wildman–Crippen LogP) is -2.81. The predicted molar refractivity (Wildman–Crippen MR) is 56.0 cm³/mol. The summed E-state index contributed by atoms with van der Waals surface area (Å²) in [4.78, 5) is 52.6. The van der Waals surface area contributed by atoms with E-state index in [4.69, 9.17) is 38.8 Å². The van der Waals surface area contributed by atoms with Gasteiger partial charge in [0.2, 0.25) is 0 Å². The van der Waals surface area contributed by atoms with Gasteiger partial charge in [0, 0.05) is 0 Å². The molecule has 0 heterocycles. The molecule has 0 aliphatic rings. The zero-order chi connectivity index (χ0) is 12.2. The SMILES string of the molecule is O=P(O)(O)O.O=P(O)(O)OP(=O)(O)O.[H-].[H-].[Mg+2].[PbH2]. The normalized spacial score (nSPS) is 11.4. The van der Waals surface area contributed by atoms with Gasteiger partial charge in [-0.3, -0.25) is 0 Å². The fraction of sp³-hybridized carbons (Fsp3) is 0. The van der Waals surface area contributed by atoms with Gasteiger partial charge in [0.15, 0.2) is 0 Å². The molecule has 0 fully saturated rings. The minimum atomic E-state index is -5.05. The number of phosphoric acid groups is 3. The Kier molecular flexibility index (Phi) is 16.5. The van der Waals surface area contributed by atoms with Gasteiger partial charge < -0.3 is 37.1 Å². The first-order valence-corrected chi connectivity index (χ1v) is 6.94. The fourth-order valence-corrected chi connectivity index (χ4v) is 1.25. The molecule has 0 bridgehead atoms. The van der Waals surface area contributed by atoms with Crippen LogP contribution in [0.4, 0.5) is 0 Å². The molecule has 0 saturated carbocycles. The molecule has 16 heavy (non-hydrogen) atoms. The van der Waals surface area contributed by atoms with Gasteiger partial charge in [-0.25, -0.2) is 13.7 Å². The van der Waals surface area contributed by atoms with E-state index in [1.807, 2.05) is 0 Å². The first-order valence-electron chi connectivity index (χ1n) is 2.31. The molecule has 0 aromatic rings. The van der Waals surface area contributed by atoms with Crippen molar-refractivity contribution in [3.8, 4) is 0 Å². The molecule has 0 saturated heterocycles. The second-order valence-electron chi connectivity index (χ2n) is 1.58. The van der Waals surface area contributed by atoms with Crippen LogP contribution in [0.1, 0.15) is 2.85 Å². The van der Waals surface area contributed by atoms with Crippen LogP contribution in [0.3, 0.4) is 0 Å². The third-order valence-corrected chi connectivity index (χ3v) is 1.91. The van der Waals surface area contributed by atoms with Gasteiger partial charge in [-0.2, -0.15) is 4.31 Å². The van der Waals surface area contributed by atoms with Gasteiger partial charge in [-0.15, -0.1) is 0 Å². The van der Waals surface area contributed by atoms with Crippen LogP contribution in [-0.4, -0.2) is 84.6 Å². The Bertz CT molecular complexity index is 273. The van der Waals surface area contributed by atoms with Crippen molar-refractivity contribution in [2.45, 2.75) is 0 Å². The Morgan fingerprint density at radius 3 is 0.875 bits per heavy atom. The van der Waals surface area contributed by atoms with Crippen LogP contribution in [0.2, 0.25) is 0 Å². The standard InChI is InChI=1S/Mg.H4O7P2.H3O4P.Pb.4H/c;1-8(2,3)7-9(4,5)6;1-5(2,3)4;;;;;/h;(H2,1,2,3)(H2,4,5,6);(H3,1,2,3,4);;;;;/q+2;;;;;;2*-1. The third kappa shape index (κ3) is 56.1. The summed E-state index contributed by atoms with van der Waals surface area (Å²) in [7, 11) is -14.7. The second-order valence-corrected chi connectivity index (χ2v) is 5.22. The van der Waals surface area contributed by atoms with Crippen molar-refractivity contribution < 1.29 is 55.1 Å². The fourth-order valence-electron chi connectivity index (χ4n) is 0.139. The molecule has 7 N–H and O–H groups in total. The molecular weight excluding hydrogens is 500 g/mol. The molecule has 0 amide bonds. The van der Waals surface area contributed by atoms with E-state index < -0.39 is 23.5 Å². The average molecular weight is 512 g/mol. The Labute approximate surface area is 128 Å². The second kappa shape index (κ2) is 9.92. The van der Waals surface area contributed by atoms with Gasteiger partial charge in [-0.05, 0) is 0 Å². The monoisotopic (exact) mass is 512 g/mol. The van der Waals surface area contributed by atoms with Crippen LogP contribution < -0.4 is 0 Å². The molecule has 0 atom stereocenters. The summed E-state index contributed by atoms with van der Waals surface area (Å²) >= 11 is 0. The quantitative estimate of drug-likeness (QED) is 0.149. The van der Waals surface area contributed by atoms with Gasteiger partial charge in [0.1, 0.15) is 0 Å². The molecule has 0 aromatic heterocycles. The number of hydrogen-bond acceptors (Lipinski definition) is 4. The Balaban J connectivity index is -0.0000000359. The molecule has 0 spiro atoms. The molecular formula is H11MgO11P3Pb. The van der Waals surface area contributed by atoms with Crippen molar-refractivity contribution in [1.82, 2.24) is 0 Å². The van der Waals surface area contributed by atoms with Crippen LogP contribution in [0, 0.1) is 0 Å². The minimum absolute atomic E-state index is 0. The van der Waals surface area contributed by atoms with Gasteiger partial charge in [0.05, 0.1) is 0 Å². The van der Waals surface area contributed by atoms with Crippen LogP contribution >= 0.6 is 23.5 Å². The van der Waals surface area contributed by atoms with E-state index in [2.05, 4.69) is 4.31 Å². The zero-order valence-corrected chi connectivity index (χ0v) is 17.1. The van der Waals surface area contributed by atoms with E-state index in [0.29, 0.717) is 0 Å². The summed E-state index contributed by atoms with van der Waals surface area (Å²) in [6.45, 7) is 0. The van der Waals surface area contributed by atoms with Crippen molar-refractivity contribution in [2.24, 2.45) is 0 Å². The van der Waals surface area contributed by atoms with Crippen molar-refractivity contribution in [2.75, 3.05) is 0 Å². The molecule has 0 aliphatic heterocycles. The molecule has 0 aromatic carbocycles. The van der Waals surface area contributed by atoms with Crippen molar-refractivity contribution in [3.63, 3.8) is 0 Å². The van der Waals surface area contributed by atoms with E-state index in [-0.39, 0.29) is 53.2 Å². The first-order chi connectivity index (χ1) is 5.71.